The van der Waals surface area contributed by atoms with Gasteiger partial charge in [-0.15, -0.1) is 0 Å². The van der Waals surface area contributed by atoms with E-state index in [1.54, 1.807) is 12.1 Å². The van der Waals surface area contributed by atoms with Crippen LogP contribution >= 0.6 is 0 Å². The fraction of sp³-hybridized carbons (Fsp3) is 0.400. The summed E-state index contributed by atoms with van der Waals surface area (Å²) in [5, 5.41) is 14.4. The molecule has 3 heterocycles. The molecule has 32 heavy (non-hydrogen) atoms. The molecule has 2 N–H and O–H groups in total. The van der Waals surface area contributed by atoms with Crippen LogP contribution in [-0.4, -0.2) is 53.3 Å². The number of nitrogens with zero attached hydrogens (tertiary/aromatic N) is 3. The summed E-state index contributed by atoms with van der Waals surface area (Å²) in [5.41, 5.74) is 2.61. The highest BCUT2D eigenvalue weighted by Gasteiger charge is 2.28. The molecule has 2 atom stereocenters. The van der Waals surface area contributed by atoms with Gasteiger partial charge >= 0.3 is 0 Å². The zero-order chi connectivity index (χ0) is 22.1. The van der Waals surface area contributed by atoms with Crippen LogP contribution < -0.4 is 10.2 Å². The number of phenols is 1. The molecule has 0 spiro atoms. The zero-order valence-corrected chi connectivity index (χ0v) is 18.3. The lowest BCUT2D eigenvalue weighted by Crippen LogP contribution is -2.37. The molecule has 2 aliphatic rings. The van der Waals surface area contributed by atoms with Gasteiger partial charge < -0.3 is 20.1 Å². The highest BCUT2D eigenvalue weighted by atomic mass is 16.5. The van der Waals surface area contributed by atoms with Crippen molar-refractivity contribution in [2.75, 3.05) is 31.1 Å². The minimum absolute atomic E-state index is 0. The predicted molar refractivity (Wildman–Crippen MR) is 130 cm³/mol. The van der Waals surface area contributed by atoms with E-state index < -0.39 is 0 Å². The second kappa shape index (κ2) is 8.74. The lowest BCUT2D eigenvalue weighted by Gasteiger charge is -2.21. The quantitative estimate of drug-likeness (QED) is 0.622. The van der Waals surface area contributed by atoms with E-state index in [1.807, 2.05) is 19.1 Å². The third-order valence-electron chi connectivity index (χ3n) is 6.35. The molecule has 7 nitrogen and oxygen atoms in total. The van der Waals surface area contributed by atoms with E-state index in [9.17, 15) is 9.90 Å². The molecule has 0 aliphatic carbocycles. The Morgan fingerprint density at radius 1 is 1.25 bits per heavy atom. The number of carbonyl (C=O) groups excluding carboxylic acids is 1. The molecule has 2 aliphatic heterocycles. The molecular weight excluding hydrogens is 404 g/mol. The van der Waals surface area contributed by atoms with Crippen molar-refractivity contribution >= 4 is 22.6 Å². The number of carbonyl (C=O) groups is 1. The zero-order valence-electron chi connectivity index (χ0n) is 18.3. The molecule has 2 fully saturated rings. The number of hydrogen-bond donors (Lipinski definition) is 2. The van der Waals surface area contributed by atoms with E-state index in [1.165, 1.54) is 0 Å². The minimum atomic E-state index is -0.289. The van der Waals surface area contributed by atoms with Gasteiger partial charge in [-0.3, -0.25) is 4.79 Å². The van der Waals surface area contributed by atoms with E-state index in [0.29, 0.717) is 30.5 Å². The number of para-hydroxylation sites is 1. The van der Waals surface area contributed by atoms with Gasteiger partial charge in [0.2, 0.25) is 5.91 Å². The van der Waals surface area contributed by atoms with Crippen LogP contribution in [0, 0.1) is 12.8 Å². The summed E-state index contributed by atoms with van der Waals surface area (Å²) < 4.78 is 5.48. The standard InChI is InChI=1S/C25H28N4O3.3H2/c1-16-8-9-18-20(13-16)27-23(19-5-2-3-6-21(19)30)28-24(18)29-11-10-17(15-29)14-26-25(31)22-7-4-12-32-22;;;/h2-3,5-6,8-9,13,17,22,30H,4,7,10-12,14-15H2,1H3,(H,26,31);3*1H/t17-,22-;;;/m1.../s1. The average Bonchev–Trinajstić information content (AvgIpc) is 3.49. The number of phenolic OH excluding ortho intramolecular Hbond substituents is 1. The summed E-state index contributed by atoms with van der Waals surface area (Å²) in [6.07, 6.45) is 2.45. The van der Waals surface area contributed by atoms with Crippen LogP contribution in [0.5, 0.6) is 5.75 Å². The van der Waals surface area contributed by atoms with E-state index in [2.05, 4.69) is 28.4 Å². The SMILES string of the molecule is Cc1ccc2c(N3CC[C@H](CNC(=O)[C@H]4CCCO4)C3)nc(-c3ccccc3O)nc2c1.[HH].[HH].[HH]. The van der Waals surface area contributed by atoms with Crippen LogP contribution in [0.15, 0.2) is 42.5 Å². The van der Waals surface area contributed by atoms with Crippen molar-refractivity contribution in [3.8, 4) is 17.1 Å². The molecule has 1 amide bonds. The Balaban J connectivity index is 0.00000144. The monoisotopic (exact) mass is 438 g/mol. The molecular formula is C25H34N4O3. The average molecular weight is 439 g/mol. The lowest BCUT2D eigenvalue weighted by molar-refractivity contribution is -0.130. The van der Waals surface area contributed by atoms with Crippen LogP contribution in [-0.2, 0) is 9.53 Å². The Bertz CT molecular complexity index is 1160. The fourth-order valence-corrected chi connectivity index (χ4v) is 4.58. The first-order valence-corrected chi connectivity index (χ1v) is 11.3. The molecule has 2 saturated heterocycles. The summed E-state index contributed by atoms with van der Waals surface area (Å²) >= 11 is 0. The van der Waals surface area contributed by atoms with Gasteiger partial charge in [-0.2, -0.15) is 0 Å². The minimum Gasteiger partial charge on any atom is -0.507 e. The first-order valence-electron chi connectivity index (χ1n) is 11.3. The molecule has 5 rings (SSSR count). The Hall–Kier alpha value is -3.19. The van der Waals surface area contributed by atoms with Crippen molar-refractivity contribution < 1.29 is 18.9 Å². The number of nitrogens with one attached hydrogen (secondary N) is 1. The Morgan fingerprint density at radius 2 is 2.12 bits per heavy atom. The molecule has 0 bridgehead atoms. The van der Waals surface area contributed by atoms with Gasteiger partial charge in [0.25, 0.3) is 0 Å². The molecule has 7 heteroatoms. The van der Waals surface area contributed by atoms with Crippen LogP contribution in [0.1, 0.15) is 29.1 Å². The summed E-state index contributed by atoms with van der Waals surface area (Å²) in [6, 6.07) is 13.4. The first-order chi connectivity index (χ1) is 15.6. The Labute approximate surface area is 191 Å². The number of anilines is 1. The van der Waals surface area contributed by atoms with Crippen molar-refractivity contribution in [2.24, 2.45) is 5.92 Å². The molecule has 0 radical (unpaired) electrons. The summed E-state index contributed by atoms with van der Waals surface area (Å²) in [4.78, 5) is 24.2. The highest BCUT2D eigenvalue weighted by molar-refractivity contribution is 5.92. The van der Waals surface area contributed by atoms with Crippen LogP contribution in [0.25, 0.3) is 22.3 Å². The van der Waals surface area contributed by atoms with Gasteiger partial charge in [-0.1, -0.05) is 18.2 Å². The van der Waals surface area contributed by atoms with Gasteiger partial charge in [0.1, 0.15) is 17.7 Å². The molecule has 1 aromatic heterocycles. The fourth-order valence-electron chi connectivity index (χ4n) is 4.58. The summed E-state index contributed by atoms with van der Waals surface area (Å²) in [6.45, 7) is 5.04. The van der Waals surface area contributed by atoms with E-state index >= 15 is 0 Å². The smallest absolute Gasteiger partial charge is 0.249 e. The summed E-state index contributed by atoms with van der Waals surface area (Å²) in [5.74, 6) is 1.92. The number of rotatable bonds is 5. The third kappa shape index (κ3) is 4.12. The lowest BCUT2D eigenvalue weighted by atomic mass is 10.1. The molecule has 0 saturated carbocycles. The third-order valence-corrected chi connectivity index (χ3v) is 6.35. The van der Waals surface area contributed by atoms with Crippen molar-refractivity contribution in [1.29, 1.82) is 0 Å². The number of ether oxygens (including phenoxy) is 1. The van der Waals surface area contributed by atoms with Gasteiger partial charge in [0.15, 0.2) is 5.82 Å². The second-order valence-electron chi connectivity index (χ2n) is 8.76. The number of fused-ring (bicyclic) bond motifs is 1. The number of aryl methyl sites for hydroxylation is 1. The number of aromatic nitrogens is 2. The topological polar surface area (TPSA) is 87.6 Å². The van der Waals surface area contributed by atoms with E-state index in [0.717, 1.165) is 54.6 Å². The van der Waals surface area contributed by atoms with Gasteiger partial charge in [-0.25, -0.2) is 9.97 Å². The molecule has 172 valence electrons. The van der Waals surface area contributed by atoms with Gasteiger partial charge in [0.05, 0.1) is 11.1 Å². The molecule has 2 aromatic carbocycles. The highest BCUT2D eigenvalue weighted by Crippen LogP contribution is 2.33. The van der Waals surface area contributed by atoms with Crippen LogP contribution in [0.2, 0.25) is 0 Å². The van der Waals surface area contributed by atoms with Crippen molar-refractivity contribution in [3.05, 3.63) is 48.0 Å². The van der Waals surface area contributed by atoms with E-state index in [-0.39, 0.29) is 22.0 Å². The number of amides is 1. The van der Waals surface area contributed by atoms with Crippen LogP contribution in [0.4, 0.5) is 5.82 Å². The maximum atomic E-state index is 12.3. The second-order valence-corrected chi connectivity index (χ2v) is 8.76. The molecule has 3 aromatic rings. The van der Waals surface area contributed by atoms with E-state index in [4.69, 9.17) is 14.7 Å². The summed E-state index contributed by atoms with van der Waals surface area (Å²) in [7, 11) is 0. The Morgan fingerprint density at radius 3 is 2.94 bits per heavy atom. The maximum Gasteiger partial charge on any atom is 0.249 e. The largest absolute Gasteiger partial charge is 0.507 e. The van der Waals surface area contributed by atoms with Crippen molar-refractivity contribution in [3.63, 3.8) is 0 Å². The van der Waals surface area contributed by atoms with Gasteiger partial charge in [-0.05, 0) is 61.9 Å². The first kappa shape index (κ1) is 20.7. The number of hydrogen-bond acceptors (Lipinski definition) is 6. The normalized spacial score (nSPS) is 20.7. The maximum absolute atomic E-state index is 12.3. The van der Waals surface area contributed by atoms with Crippen molar-refractivity contribution in [1.82, 2.24) is 15.3 Å². The van der Waals surface area contributed by atoms with Crippen LogP contribution in [0.3, 0.4) is 0 Å². The number of aromatic hydroxyl groups is 1. The predicted octanol–water partition coefficient (Wildman–Crippen LogP) is 4.17. The molecule has 0 unspecified atom stereocenters. The number of benzene rings is 2. The Kier molecular flexibility index (Phi) is 5.66. The van der Waals surface area contributed by atoms with Gasteiger partial charge in [0, 0.05) is 35.9 Å². The van der Waals surface area contributed by atoms with Crippen molar-refractivity contribution in [2.45, 2.75) is 32.3 Å².